The molecule has 3 aromatic rings. The largest absolute Gasteiger partial charge is 0.435 e. The van der Waals surface area contributed by atoms with Gasteiger partial charge >= 0.3 is 6.18 Å². The minimum Gasteiger partial charge on any atom is -0.327 e. The number of nitrogens with zero attached hydrogens (tertiary/aromatic N) is 4. The summed E-state index contributed by atoms with van der Waals surface area (Å²) in [5.74, 6) is 0.501. The molecule has 112 valence electrons. The smallest absolute Gasteiger partial charge is 0.327 e. The number of benzene rings is 1. The first-order chi connectivity index (χ1) is 10.5. The highest BCUT2D eigenvalue weighted by molar-refractivity contribution is 5.81. The van der Waals surface area contributed by atoms with Gasteiger partial charge in [0.2, 0.25) is 0 Å². The Hall–Kier alpha value is -2.44. The second-order valence-electron chi connectivity index (χ2n) is 5.24. The summed E-state index contributed by atoms with van der Waals surface area (Å²) in [6.45, 7) is 0.562. The van der Waals surface area contributed by atoms with E-state index in [-0.39, 0.29) is 5.69 Å². The molecule has 0 saturated carbocycles. The average Bonchev–Trinajstić information content (AvgIpc) is 3.06. The van der Waals surface area contributed by atoms with E-state index >= 15 is 0 Å². The van der Waals surface area contributed by atoms with Crippen LogP contribution in [0.5, 0.6) is 0 Å². The van der Waals surface area contributed by atoms with Crippen LogP contribution in [0.2, 0.25) is 0 Å². The van der Waals surface area contributed by atoms with Crippen molar-refractivity contribution in [1.29, 1.82) is 0 Å². The van der Waals surface area contributed by atoms with Gasteiger partial charge in [0.25, 0.3) is 0 Å². The first-order valence-electron chi connectivity index (χ1n) is 6.92. The van der Waals surface area contributed by atoms with E-state index in [9.17, 15) is 13.2 Å². The van der Waals surface area contributed by atoms with Gasteiger partial charge < -0.3 is 4.57 Å². The zero-order valence-electron chi connectivity index (χ0n) is 11.4. The predicted octanol–water partition coefficient (Wildman–Crippen LogP) is 3.46. The molecule has 0 amide bonds. The van der Waals surface area contributed by atoms with Crippen molar-refractivity contribution in [3.05, 3.63) is 42.1 Å². The molecule has 0 radical (unpaired) electrons. The Bertz CT molecular complexity index is 867. The number of alkyl halides is 3. The third-order valence-corrected chi connectivity index (χ3v) is 3.84. The molecule has 2 aromatic heterocycles. The maximum Gasteiger partial charge on any atom is 0.435 e. The lowest BCUT2D eigenvalue weighted by molar-refractivity contribution is -0.140. The van der Waals surface area contributed by atoms with Crippen LogP contribution in [0.1, 0.15) is 17.9 Å². The second-order valence-corrected chi connectivity index (χ2v) is 5.24. The molecule has 22 heavy (non-hydrogen) atoms. The molecule has 4 nitrogen and oxygen atoms in total. The molecule has 7 heteroatoms. The average molecular weight is 304 g/mol. The number of hydrogen-bond donors (Lipinski definition) is 0. The van der Waals surface area contributed by atoms with E-state index in [0.29, 0.717) is 35.4 Å². The summed E-state index contributed by atoms with van der Waals surface area (Å²) in [5.41, 5.74) is 1.02. The van der Waals surface area contributed by atoms with Crippen molar-refractivity contribution in [2.24, 2.45) is 0 Å². The molecule has 0 saturated heterocycles. The monoisotopic (exact) mass is 304 g/mol. The molecule has 0 fully saturated rings. The lowest BCUT2D eigenvalue weighted by Gasteiger charge is -2.11. The fourth-order valence-corrected chi connectivity index (χ4v) is 2.93. The van der Waals surface area contributed by atoms with Crippen LogP contribution in [-0.2, 0) is 19.1 Å². The van der Waals surface area contributed by atoms with Crippen LogP contribution < -0.4 is 0 Å². The van der Waals surface area contributed by atoms with E-state index in [0.717, 1.165) is 6.42 Å². The second kappa shape index (κ2) is 4.53. The third-order valence-electron chi connectivity index (χ3n) is 3.84. The maximum atomic E-state index is 13.3. The van der Waals surface area contributed by atoms with Crippen LogP contribution in [0.15, 0.2) is 30.6 Å². The van der Waals surface area contributed by atoms with Gasteiger partial charge in [0, 0.05) is 30.9 Å². The third kappa shape index (κ3) is 1.96. The first-order valence-corrected chi connectivity index (χ1v) is 6.92. The molecular formula is C15H11F3N4. The Kier molecular flexibility index (Phi) is 2.72. The van der Waals surface area contributed by atoms with Crippen LogP contribution in [0, 0.1) is 0 Å². The lowest BCUT2D eigenvalue weighted by atomic mass is 10.1. The van der Waals surface area contributed by atoms with Gasteiger partial charge in [-0.3, -0.25) is 9.97 Å². The van der Waals surface area contributed by atoms with Gasteiger partial charge in [0.15, 0.2) is 5.69 Å². The van der Waals surface area contributed by atoms with Crippen LogP contribution in [0.25, 0.3) is 22.3 Å². The number of halogens is 3. The van der Waals surface area contributed by atoms with Gasteiger partial charge in [-0.2, -0.15) is 13.2 Å². The van der Waals surface area contributed by atoms with Crippen molar-refractivity contribution in [2.45, 2.75) is 25.6 Å². The zero-order valence-corrected chi connectivity index (χ0v) is 11.4. The molecule has 0 atom stereocenters. The summed E-state index contributed by atoms with van der Waals surface area (Å²) in [6.07, 6.45) is 0.0125. The van der Waals surface area contributed by atoms with Gasteiger partial charge in [-0.15, -0.1) is 0 Å². The van der Waals surface area contributed by atoms with Crippen molar-refractivity contribution in [1.82, 2.24) is 19.5 Å². The summed E-state index contributed by atoms with van der Waals surface area (Å²) < 4.78 is 41.6. The number of aryl methyl sites for hydroxylation is 1. The molecule has 1 aliphatic rings. The summed E-state index contributed by atoms with van der Waals surface area (Å²) in [6, 6.07) is 4.97. The van der Waals surface area contributed by atoms with Gasteiger partial charge in [-0.25, -0.2) is 4.98 Å². The Morgan fingerprint density at radius 3 is 2.59 bits per heavy atom. The molecule has 0 aliphatic carbocycles. The number of imidazole rings is 1. The number of aromatic nitrogens is 4. The van der Waals surface area contributed by atoms with Crippen molar-refractivity contribution >= 4 is 11.0 Å². The molecule has 0 spiro atoms. The zero-order chi connectivity index (χ0) is 15.3. The Morgan fingerprint density at radius 2 is 1.82 bits per heavy atom. The number of rotatable bonds is 1. The molecular weight excluding hydrogens is 293 g/mol. The van der Waals surface area contributed by atoms with Gasteiger partial charge in [0.1, 0.15) is 5.82 Å². The van der Waals surface area contributed by atoms with Crippen molar-refractivity contribution < 1.29 is 13.2 Å². The topological polar surface area (TPSA) is 43.6 Å². The van der Waals surface area contributed by atoms with E-state index in [1.165, 1.54) is 6.20 Å². The summed E-state index contributed by atoms with van der Waals surface area (Å²) in [5, 5.41) is 0. The van der Waals surface area contributed by atoms with E-state index < -0.39 is 11.9 Å². The van der Waals surface area contributed by atoms with E-state index in [1.807, 2.05) is 0 Å². The van der Waals surface area contributed by atoms with Gasteiger partial charge in [0.05, 0.1) is 16.7 Å². The molecule has 3 heterocycles. The molecule has 1 aliphatic heterocycles. The van der Waals surface area contributed by atoms with Gasteiger partial charge in [-0.1, -0.05) is 6.07 Å². The van der Waals surface area contributed by atoms with Crippen LogP contribution >= 0.6 is 0 Å². The van der Waals surface area contributed by atoms with Gasteiger partial charge in [-0.05, 0) is 18.6 Å². The normalized spacial score (nSPS) is 14.5. The fourth-order valence-electron chi connectivity index (χ4n) is 2.93. The van der Waals surface area contributed by atoms with Crippen molar-refractivity contribution in [3.8, 4) is 11.3 Å². The molecule has 4 rings (SSSR count). The van der Waals surface area contributed by atoms with Crippen molar-refractivity contribution in [3.63, 3.8) is 0 Å². The molecule has 0 N–H and O–H groups in total. The predicted molar refractivity (Wildman–Crippen MR) is 74.1 cm³/mol. The Labute approximate surface area is 123 Å². The van der Waals surface area contributed by atoms with Crippen molar-refractivity contribution in [2.75, 3.05) is 0 Å². The summed E-state index contributed by atoms with van der Waals surface area (Å²) >= 11 is 0. The van der Waals surface area contributed by atoms with Crippen LogP contribution in [-0.4, -0.2) is 19.5 Å². The molecule has 0 bridgehead atoms. The van der Waals surface area contributed by atoms with E-state index in [4.69, 9.17) is 0 Å². The van der Waals surface area contributed by atoms with E-state index in [1.54, 1.807) is 29.0 Å². The first kappa shape index (κ1) is 13.2. The highest BCUT2D eigenvalue weighted by Gasteiger charge is 2.40. The van der Waals surface area contributed by atoms with Crippen LogP contribution in [0.4, 0.5) is 13.2 Å². The maximum absolute atomic E-state index is 13.3. The van der Waals surface area contributed by atoms with E-state index in [2.05, 4.69) is 15.0 Å². The molecule has 1 aromatic carbocycles. The summed E-state index contributed by atoms with van der Waals surface area (Å²) in [4.78, 5) is 12.1. The Balaban J connectivity index is 1.97. The minimum atomic E-state index is -4.47. The standard InChI is InChI=1S/C15H11F3N4/c16-15(17,18)14-13(22-7-1-2-12(22)21-14)9-3-4-10-11(8-9)20-6-5-19-10/h3-6,8H,1-2,7H2. The van der Waals surface area contributed by atoms with Crippen LogP contribution in [0.3, 0.4) is 0 Å². The highest BCUT2D eigenvalue weighted by atomic mass is 19.4. The summed E-state index contributed by atoms with van der Waals surface area (Å²) in [7, 11) is 0. The Morgan fingerprint density at radius 1 is 1.05 bits per heavy atom. The highest BCUT2D eigenvalue weighted by Crippen LogP contribution is 2.39. The number of fused-ring (bicyclic) bond motifs is 2. The lowest BCUT2D eigenvalue weighted by Crippen LogP contribution is -2.09. The fraction of sp³-hybridized carbons (Fsp3) is 0.267. The quantitative estimate of drug-likeness (QED) is 0.691. The molecule has 0 unspecified atom stereocenters. The number of hydrogen-bond acceptors (Lipinski definition) is 3. The minimum absolute atomic E-state index is 0.132. The SMILES string of the molecule is FC(F)(F)c1nc2n(c1-c1ccc3nccnc3c1)CCC2.